The number of carbonyl (C=O) groups is 1. The van der Waals surface area contributed by atoms with Gasteiger partial charge in [0.1, 0.15) is 24.9 Å². The number of rotatable bonds is 8. The third kappa shape index (κ3) is 5.04. The Labute approximate surface area is 97.9 Å². The minimum absolute atomic E-state index is 0.476. The first-order chi connectivity index (χ1) is 7.84. The maximum atomic E-state index is 10.8. The number of aliphatic hydroxyl groups is 6. The molecule has 102 valence electrons. The van der Waals surface area contributed by atoms with E-state index >= 15 is 0 Å². The van der Waals surface area contributed by atoms with Crippen LogP contribution in [0.1, 0.15) is 6.42 Å². The van der Waals surface area contributed by atoms with Crippen molar-refractivity contribution in [2.24, 2.45) is 5.73 Å². The second-order valence-corrected chi connectivity index (χ2v) is 3.78. The fourth-order valence-electron chi connectivity index (χ4n) is 1.22. The summed E-state index contributed by atoms with van der Waals surface area (Å²) in [6.45, 7) is -1.54. The van der Waals surface area contributed by atoms with Gasteiger partial charge in [-0.3, -0.25) is 4.79 Å². The molecular formula is C9H19NO7. The fraction of sp³-hybridized carbons (Fsp3) is 0.889. The Balaban J connectivity index is 4.37. The molecule has 5 unspecified atom stereocenters. The van der Waals surface area contributed by atoms with Gasteiger partial charge >= 0.3 is 0 Å². The van der Waals surface area contributed by atoms with E-state index in [0.717, 1.165) is 0 Å². The molecule has 0 rings (SSSR count). The average Bonchev–Trinajstić information content (AvgIpc) is 2.34. The van der Waals surface area contributed by atoms with Crippen LogP contribution in [0.4, 0.5) is 0 Å². The van der Waals surface area contributed by atoms with E-state index in [1.54, 1.807) is 0 Å². The van der Waals surface area contributed by atoms with Crippen LogP contribution in [0.3, 0.4) is 0 Å². The van der Waals surface area contributed by atoms with Crippen LogP contribution >= 0.6 is 0 Å². The maximum Gasteiger partial charge on any atom is 0.160 e. The average molecular weight is 253 g/mol. The molecule has 0 heterocycles. The highest BCUT2D eigenvalue weighted by molar-refractivity contribution is 5.79. The predicted octanol–water partition coefficient (Wildman–Crippen LogP) is -4.30. The van der Waals surface area contributed by atoms with Crippen LogP contribution in [0.15, 0.2) is 0 Å². The molecule has 5 atom stereocenters. The number of aliphatic hydroxyl groups excluding tert-OH is 6. The minimum Gasteiger partial charge on any atom is -0.394 e. The van der Waals surface area contributed by atoms with E-state index in [4.69, 9.17) is 21.1 Å². The lowest BCUT2D eigenvalue weighted by Crippen LogP contribution is -2.54. The molecule has 0 aliphatic rings. The van der Waals surface area contributed by atoms with Gasteiger partial charge in [-0.25, -0.2) is 0 Å². The van der Waals surface area contributed by atoms with Crippen LogP contribution in [0.5, 0.6) is 0 Å². The zero-order chi connectivity index (χ0) is 13.6. The quantitative estimate of drug-likeness (QED) is 0.228. The Hall–Kier alpha value is -0.610. The molecular weight excluding hydrogens is 234 g/mol. The van der Waals surface area contributed by atoms with Crippen LogP contribution in [-0.4, -0.2) is 80.1 Å². The third-order valence-corrected chi connectivity index (χ3v) is 2.38. The van der Waals surface area contributed by atoms with E-state index < -0.39 is 55.9 Å². The number of nitrogens with two attached hydrogens (primary N) is 1. The molecule has 0 aliphatic heterocycles. The Morgan fingerprint density at radius 3 is 1.94 bits per heavy atom. The molecule has 0 fully saturated rings. The van der Waals surface area contributed by atoms with Crippen LogP contribution in [0, 0.1) is 0 Å². The van der Waals surface area contributed by atoms with Crippen molar-refractivity contribution in [2.75, 3.05) is 13.2 Å². The lowest BCUT2D eigenvalue weighted by Gasteiger charge is -2.29. The summed E-state index contributed by atoms with van der Waals surface area (Å²) in [5.41, 5.74) is 5.37. The van der Waals surface area contributed by atoms with Crippen molar-refractivity contribution in [1.29, 1.82) is 0 Å². The third-order valence-electron chi connectivity index (χ3n) is 2.38. The fourth-order valence-corrected chi connectivity index (χ4v) is 1.22. The standard InChI is InChI=1S/C9H19NO7/c10-7(5(14)1-4(13)2-11)9(17)8(16)6(15)3-12/h5-9,11-12,14-17H,1-3,10H2. The zero-order valence-electron chi connectivity index (χ0n) is 9.18. The first kappa shape index (κ1) is 16.4. The molecule has 0 aromatic carbocycles. The molecule has 8 nitrogen and oxygen atoms in total. The van der Waals surface area contributed by atoms with E-state index in [-0.39, 0.29) is 0 Å². The van der Waals surface area contributed by atoms with Gasteiger partial charge in [0.05, 0.1) is 18.8 Å². The predicted molar refractivity (Wildman–Crippen MR) is 55.8 cm³/mol. The van der Waals surface area contributed by atoms with Gasteiger partial charge in [-0.1, -0.05) is 0 Å². The molecule has 0 amide bonds. The molecule has 17 heavy (non-hydrogen) atoms. The van der Waals surface area contributed by atoms with Gasteiger partial charge in [0.2, 0.25) is 0 Å². The van der Waals surface area contributed by atoms with Crippen molar-refractivity contribution in [3.8, 4) is 0 Å². The van der Waals surface area contributed by atoms with Crippen LogP contribution in [0.25, 0.3) is 0 Å². The highest BCUT2D eigenvalue weighted by Crippen LogP contribution is 2.09. The summed E-state index contributed by atoms with van der Waals surface area (Å²) in [6, 6.07) is -1.39. The largest absolute Gasteiger partial charge is 0.394 e. The number of ketones is 1. The van der Waals surface area contributed by atoms with Crippen molar-refractivity contribution in [3.05, 3.63) is 0 Å². The second-order valence-electron chi connectivity index (χ2n) is 3.78. The maximum absolute atomic E-state index is 10.8. The van der Waals surface area contributed by atoms with Crippen molar-refractivity contribution in [1.82, 2.24) is 0 Å². The lowest BCUT2D eigenvalue weighted by atomic mass is 9.95. The highest BCUT2D eigenvalue weighted by Gasteiger charge is 2.33. The Kier molecular flexibility index (Phi) is 7.39. The summed E-state index contributed by atoms with van der Waals surface area (Å²) >= 11 is 0. The second kappa shape index (κ2) is 7.67. The Bertz CT molecular complexity index is 237. The summed E-state index contributed by atoms with van der Waals surface area (Å²) in [5.74, 6) is -0.669. The first-order valence-corrected chi connectivity index (χ1v) is 5.06. The van der Waals surface area contributed by atoms with E-state index in [1.807, 2.05) is 0 Å². The Morgan fingerprint density at radius 1 is 1.00 bits per heavy atom. The first-order valence-electron chi connectivity index (χ1n) is 5.06. The van der Waals surface area contributed by atoms with Crippen molar-refractivity contribution >= 4 is 5.78 Å². The van der Waals surface area contributed by atoms with Gasteiger partial charge in [0.25, 0.3) is 0 Å². The molecule has 8 N–H and O–H groups in total. The molecule has 0 bridgehead atoms. The van der Waals surface area contributed by atoms with Crippen molar-refractivity contribution < 1.29 is 35.4 Å². The van der Waals surface area contributed by atoms with Gasteiger partial charge in [0.15, 0.2) is 5.78 Å². The van der Waals surface area contributed by atoms with E-state index in [9.17, 15) is 20.1 Å². The normalized spacial score (nSPS) is 20.4. The summed E-state index contributed by atoms with van der Waals surface area (Å²) in [6.07, 6.45) is -6.99. The molecule has 0 aromatic rings. The minimum atomic E-state index is -1.74. The molecule has 0 saturated carbocycles. The monoisotopic (exact) mass is 253 g/mol. The topological polar surface area (TPSA) is 164 Å². The van der Waals surface area contributed by atoms with E-state index in [0.29, 0.717) is 0 Å². The summed E-state index contributed by atoms with van der Waals surface area (Å²) in [7, 11) is 0. The highest BCUT2D eigenvalue weighted by atomic mass is 16.4. The number of hydrogen-bond donors (Lipinski definition) is 7. The van der Waals surface area contributed by atoms with Gasteiger partial charge in [-0.15, -0.1) is 0 Å². The van der Waals surface area contributed by atoms with E-state index in [1.165, 1.54) is 0 Å². The molecule has 8 heteroatoms. The van der Waals surface area contributed by atoms with Gasteiger partial charge in [0, 0.05) is 6.42 Å². The Morgan fingerprint density at radius 2 is 1.53 bits per heavy atom. The van der Waals surface area contributed by atoms with Gasteiger partial charge < -0.3 is 36.4 Å². The van der Waals surface area contributed by atoms with Crippen molar-refractivity contribution in [3.63, 3.8) is 0 Å². The number of hydrogen-bond acceptors (Lipinski definition) is 8. The molecule has 0 spiro atoms. The van der Waals surface area contributed by atoms with Gasteiger partial charge in [-0.2, -0.15) is 0 Å². The lowest BCUT2D eigenvalue weighted by molar-refractivity contribution is -0.126. The van der Waals surface area contributed by atoms with Crippen LogP contribution in [0.2, 0.25) is 0 Å². The van der Waals surface area contributed by atoms with Crippen LogP contribution < -0.4 is 5.73 Å². The molecule has 0 aliphatic carbocycles. The summed E-state index contributed by atoms with van der Waals surface area (Å²) in [4.78, 5) is 10.8. The number of carbonyl (C=O) groups excluding carboxylic acids is 1. The van der Waals surface area contributed by atoms with Crippen molar-refractivity contribution in [2.45, 2.75) is 36.9 Å². The number of Topliss-reactive ketones (excluding diaryl/α,β-unsaturated/α-hetero) is 1. The molecule has 0 saturated heterocycles. The summed E-state index contributed by atoms with van der Waals surface area (Å²) in [5, 5.41) is 54.2. The smallest absolute Gasteiger partial charge is 0.160 e. The SMILES string of the molecule is NC(C(O)CC(=O)CO)C(O)C(O)C(O)CO. The molecule has 0 radical (unpaired) electrons. The zero-order valence-corrected chi connectivity index (χ0v) is 9.18. The van der Waals surface area contributed by atoms with E-state index in [2.05, 4.69) is 0 Å². The van der Waals surface area contributed by atoms with Gasteiger partial charge in [-0.05, 0) is 0 Å². The molecule has 0 aromatic heterocycles. The van der Waals surface area contributed by atoms with Crippen LogP contribution in [-0.2, 0) is 4.79 Å². The summed E-state index contributed by atoms with van der Waals surface area (Å²) < 4.78 is 0.